The van der Waals surface area contributed by atoms with Crippen molar-refractivity contribution in [3.8, 4) is 0 Å². The van der Waals surface area contributed by atoms with Crippen LogP contribution in [0.3, 0.4) is 0 Å². The van der Waals surface area contributed by atoms with Gasteiger partial charge in [0.2, 0.25) is 5.91 Å². The quantitative estimate of drug-likeness (QED) is 0.485. The fourth-order valence-corrected chi connectivity index (χ4v) is 5.69. The van der Waals surface area contributed by atoms with Crippen LogP contribution in [0.25, 0.3) is 0 Å². The number of carbonyl (C=O) groups is 4. The molecular weight excluding hydrogens is 501 g/mol. The zero-order chi connectivity index (χ0) is 26.7. The maximum atomic E-state index is 13.2. The van der Waals surface area contributed by atoms with Crippen molar-refractivity contribution in [3.05, 3.63) is 39.7 Å². The minimum Gasteiger partial charge on any atom is -0.349 e. The molecule has 4 rings (SSSR count). The number of anilines is 1. The van der Waals surface area contributed by atoms with Crippen LogP contribution in [0.5, 0.6) is 0 Å². The van der Waals surface area contributed by atoms with E-state index in [0.29, 0.717) is 24.3 Å². The van der Waals surface area contributed by atoms with E-state index in [-0.39, 0.29) is 23.6 Å². The predicted octanol–water partition coefficient (Wildman–Crippen LogP) is 0.775. The summed E-state index contributed by atoms with van der Waals surface area (Å²) in [5, 5.41) is 8.30. The second-order valence-electron chi connectivity index (χ2n) is 9.60. The zero-order valence-electron chi connectivity index (χ0n) is 20.9. The van der Waals surface area contributed by atoms with Crippen molar-refractivity contribution in [3.63, 3.8) is 0 Å². The fraction of sp³-hybridized carbons (Fsp3) is 0.500. The molecule has 198 valence electrons. The van der Waals surface area contributed by atoms with Crippen LogP contribution in [0.2, 0.25) is 0 Å². The maximum absolute atomic E-state index is 13.2. The summed E-state index contributed by atoms with van der Waals surface area (Å²) in [6.07, 6.45) is 2.89. The largest absolute Gasteiger partial charge is 0.349 e. The van der Waals surface area contributed by atoms with Gasteiger partial charge in [0.15, 0.2) is 5.01 Å². The van der Waals surface area contributed by atoms with Gasteiger partial charge < -0.3 is 25.8 Å². The molecule has 1 aliphatic heterocycles. The Balaban J connectivity index is 1.45. The highest BCUT2D eigenvalue weighted by molar-refractivity contribution is 7.13. The Bertz CT molecular complexity index is 1190. The SMILES string of the molecule is CN1CCc2nc(C(=O)N[C@@H]3C[C@@H](C(=O)N(C)C)CC[C@@H]3NC(=O)C(=O)Nc3ccc(F)cn3)sc2C1. The van der Waals surface area contributed by atoms with E-state index in [0.717, 1.165) is 42.3 Å². The molecule has 0 spiro atoms. The molecule has 3 N–H and O–H groups in total. The monoisotopic (exact) mass is 531 g/mol. The molecule has 1 fully saturated rings. The van der Waals surface area contributed by atoms with Gasteiger partial charge in [0, 0.05) is 50.4 Å². The van der Waals surface area contributed by atoms with E-state index in [1.165, 1.54) is 22.3 Å². The van der Waals surface area contributed by atoms with Crippen LogP contribution in [0.1, 0.15) is 39.6 Å². The molecule has 4 amide bonds. The molecule has 13 heteroatoms. The van der Waals surface area contributed by atoms with Crippen molar-refractivity contribution in [2.75, 3.05) is 33.0 Å². The Kier molecular flexibility index (Phi) is 8.13. The van der Waals surface area contributed by atoms with Crippen molar-refractivity contribution >= 4 is 40.8 Å². The number of thiazole rings is 1. The summed E-state index contributed by atoms with van der Waals surface area (Å²) in [5.41, 5.74) is 0.925. The van der Waals surface area contributed by atoms with E-state index in [1.54, 1.807) is 14.1 Å². The summed E-state index contributed by atoms with van der Waals surface area (Å²) < 4.78 is 13.1. The number of rotatable bonds is 5. The van der Waals surface area contributed by atoms with Gasteiger partial charge >= 0.3 is 11.8 Å². The van der Waals surface area contributed by atoms with Gasteiger partial charge in [-0.05, 0) is 38.4 Å². The summed E-state index contributed by atoms with van der Waals surface area (Å²) >= 11 is 1.34. The van der Waals surface area contributed by atoms with Crippen molar-refractivity contribution < 1.29 is 23.6 Å². The van der Waals surface area contributed by atoms with E-state index < -0.39 is 29.7 Å². The average Bonchev–Trinajstić information content (AvgIpc) is 3.29. The number of carbonyl (C=O) groups excluding carboxylic acids is 4. The molecule has 3 atom stereocenters. The van der Waals surface area contributed by atoms with Gasteiger partial charge in [-0.2, -0.15) is 0 Å². The number of aromatic nitrogens is 2. The summed E-state index contributed by atoms with van der Waals surface area (Å²) in [7, 11) is 5.37. The number of halogens is 1. The molecule has 0 radical (unpaired) electrons. The molecule has 2 aromatic heterocycles. The summed E-state index contributed by atoms with van der Waals surface area (Å²) in [5.74, 6) is -3.18. The second kappa shape index (κ2) is 11.3. The molecule has 0 aromatic carbocycles. The Hall–Kier alpha value is -3.45. The molecule has 2 aliphatic rings. The van der Waals surface area contributed by atoms with Gasteiger partial charge in [-0.3, -0.25) is 19.2 Å². The van der Waals surface area contributed by atoms with E-state index in [4.69, 9.17) is 0 Å². The zero-order valence-corrected chi connectivity index (χ0v) is 21.7. The van der Waals surface area contributed by atoms with Crippen LogP contribution in [0, 0.1) is 11.7 Å². The lowest BCUT2D eigenvalue weighted by Crippen LogP contribution is -2.57. The molecule has 2 aromatic rings. The van der Waals surface area contributed by atoms with Crippen LogP contribution < -0.4 is 16.0 Å². The number of pyridine rings is 1. The second-order valence-corrected chi connectivity index (χ2v) is 10.7. The highest BCUT2D eigenvalue weighted by atomic mass is 32.1. The lowest BCUT2D eigenvalue weighted by Gasteiger charge is -2.37. The summed E-state index contributed by atoms with van der Waals surface area (Å²) in [4.78, 5) is 63.8. The van der Waals surface area contributed by atoms with Crippen molar-refractivity contribution in [2.24, 2.45) is 5.92 Å². The molecule has 37 heavy (non-hydrogen) atoms. The first-order valence-corrected chi connectivity index (χ1v) is 12.8. The van der Waals surface area contributed by atoms with Gasteiger partial charge in [-0.15, -0.1) is 11.3 Å². The highest BCUT2D eigenvalue weighted by Gasteiger charge is 2.37. The number of hydrogen-bond donors (Lipinski definition) is 3. The normalized spacial score (nSPS) is 21.5. The van der Waals surface area contributed by atoms with Gasteiger partial charge in [0.25, 0.3) is 5.91 Å². The number of fused-ring (bicyclic) bond motifs is 1. The third kappa shape index (κ3) is 6.46. The minimum atomic E-state index is -0.965. The number of nitrogens with zero attached hydrogens (tertiary/aromatic N) is 4. The van der Waals surface area contributed by atoms with Gasteiger partial charge in [0.05, 0.1) is 17.9 Å². The fourth-order valence-electron chi connectivity index (χ4n) is 4.60. The van der Waals surface area contributed by atoms with Gasteiger partial charge in [-0.1, -0.05) is 0 Å². The topological polar surface area (TPSA) is 137 Å². The lowest BCUT2D eigenvalue weighted by atomic mass is 9.81. The predicted molar refractivity (Wildman–Crippen MR) is 134 cm³/mol. The van der Waals surface area contributed by atoms with Crippen molar-refractivity contribution in [1.82, 2.24) is 30.4 Å². The standard InChI is InChI=1S/C24H30FN7O4S/c1-31(2)24(36)13-4-6-15(27-20(33)21(34)30-19-7-5-14(25)11-26-19)17(10-13)28-22(35)23-29-16-8-9-32(3)12-18(16)37-23/h5,7,11,13,15,17H,4,6,8-10,12H2,1-3H3,(H,27,33)(H,28,35)(H,26,30,34)/t13-,15-,17+/m0/s1. The number of hydrogen-bond acceptors (Lipinski definition) is 8. The lowest BCUT2D eigenvalue weighted by molar-refractivity contribution is -0.137. The van der Waals surface area contributed by atoms with Gasteiger partial charge in [0.1, 0.15) is 11.6 Å². The van der Waals surface area contributed by atoms with E-state index >= 15 is 0 Å². The Morgan fingerprint density at radius 2 is 1.89 bits per heavy atom. The van der Waals surface area contributed by atoms with Crippen molar-refractivity contribution in [1.29, 1.82) is 0 Å². The van der Waals surface area contributed by atoms with Crippen LogP contribution in [0.15, 0.2) is 18.3 Å². The third-order valence-corrected chi connectivity index (χ3v) is 7.65. The molecule has 11 nitrogen and oxygen atoms in total. The third-order valence-electron chi connectivity index (χ3n) is 6.56. The van der Waals surface area contributed by atoms with Crippen LogP contribution in [0.4, 0.5) is 10.2 Å². The minimum absolute atomic E-state index is 0.0325. The first-order valence-electron chi connectivity index (χ1n) is 12.0. The summed E-state index contributed by atoms with van der Waals surface area (Å²) in [6, 6.07) is 1.20. The molecule has 0 bridgehead atoms. The smallest absolute Gasteiger partial charge is 0.314 e. The first-order chi connectivity index (χ1) is 17.6. The maximum Gasteiger partial charge on any atom is 0.314 e. The van der Waals surface area contributed by atoms with Gasteiger partial charge in [-0.25, -0.2) is 14.4 Å². The number of likely N-dealkylation sites (N-methyl/N-ethyl adjacent to an activating group) is 1. The number of nitrogens with one attached hydrogen (secondary N) is 3. The molecule has 1 saturated carbocycles. The van der Waals surface area contributed by atoms with E-state index in [9.17, 15) is 23.6 Å². The van der Waals surface area contributed by atoms with Crippen LogP contribution in [-0.4, -0.2) is 83.2 Å². The highest BCUT2D eigenvalue weighted by Crippen LogP contribution is 2.28. The van der Waals surface area contributed by atoms with E-state index in [1.807, 2.05) is 7.05 Å². The molecular formula is C24H30FN7O4S. The Morgan fingerprint density at radius 1 is 1.11 bits per heavy atom. The van der Waals surface area contributed by atoms with Crippen LogP contribution >= 0.6 is 11.3 Å². The first kappa shape index (κ1) is 26.6. The Labute approximate surface area is 217 Å². The average molecular weight is 532 g/mol. The Morgan fingerprint density at radius 3 is 2.59 bits per heavy atom. The molecule has 0 unspecified atom stereocenters. The van der Waals surface area contributed by atoms with Crippen molar-refractivity contribution in [2.45, 2.75) is 44.3 Å². The van der Waals surface area contributed by atoms with E-state index in [2.05, 4.69) is 30.8 Å². The summed E-state index contributed by atoms with van der Waals surface area (Å²) in [6.45, 7) is 1.61. The molecule has 3 heterocycles. The number of amides is 4. The molecule has 0 saturated heterocycles. The molecule has 1 aliphatic carbocycles. The van der Waals surface area contributed by atoms with Crippen LogP contribution in [-0.2, 0) is 27.3 Å².